The topological polar surface area (TPSA) is 72.5 Å². The maximum absolute atomic E-state index is 11.1. The second kappa shape index (κ2) is 6.06. The molecule has 0 bridgehead atoms. The monoisotopic (exact) mass is 263 g/mol. The van der Waals surface area contributed by atoms with Crippen LogP contribution < -0.4 is 10.5 Å². The molecule has 4 nitrogen and oxygen atoms in total. The van der Waals surface area contributed by atoms with Gasteiger partial charge in [0.2, 0.25) is 0 Å². The van der Waals surface area contributed by atoms with Crippen LogP contribution in [0.15, 0.2) is 18.2 Å². The smallest absolute Gasteiger partial charge is 0.344 e. The number of hydrogen-bond acceptors (Lipinski definition) is 3. The highest BCUT2D eigenvalue weighted by Gasteiger charge is 2.21. The van der Waals surface area contributed by atoms with E-state index in [9.17, 15) is 4.79 Å². The van der Waals surface area contributed by atoms with Crippen molar-refractivity contribution < 1.29 is 14.6 Å². The second-order valence-electron chi connectivity index (χ2n) is 5.09. The highest BCUT2D eigenvalue weighted by Crippen LogP contribution is 2.31. The van der Waals surface area contributed by atoms with Gasteiger partial charge in [-0.1, -0.05) is 19.4 Å². The van der Waals surface area contributed by atoms with Crippen LogP contribution in [0.3, 0.4) is 0 Å². The van der Waals surface area contributed by atoms with Crippen molar-refractivity contribution in [3.05, 3.63) is 29.3 Å². The van der Waals surface area contributed by atoms with E-state index in [2.05, 4.69) is 0 Å². The molecule has 0 saturated heterocycles. The number of carboxylic acids is 1. The number of carbonyl (C=O) groups is 1. The van der Waals surface area contributed by atoms with Gasteiger partial charge in [0, 0.05) is 6.04 Å². The minimum Gasteiger partial charge on any atom is -0.479 e. The zero-order chi connectivity index (χ0) is 13.8. The lowest BCUT2D eigenvalue weighted by Crippen LogP contribution is -2.27. The van der Waals surface area contributed by atoms with Crippen molar-refractivity contribution in [2.24, 2.45) is 5.73 Å². The molecule has 0 aromatic heterocycles. The molecule has 0 amide bonds. The van der Waals surface area contributed by atoms with Crippen molar-refractivity contribution in [1.29, 1.82) is 0 Å². The van der Waals surface area contributed by atoms with Gasteiger partial charge in [0.15, 0.2) is 6.10 Å². The fourth-order valence-electron chi connectivity index (χ4n) is 2.55. The zero-order valence-corrected chi connectivity index (χ0v) is 11.3. The molecule has 4 heteroatoms. The molecule has 2 atom stereocenters. The SMILES string of the molecule is CCCC(Oc1ccc2c(c1)[C@H](N)CCC2)C(=O)O. The molecule has 3 N–H and O–H groups in total. The summed E-state index contributed by atoms with van der Waals surface area (Å²) in [6.07, 6.45) is 3.65. The minimum absolute atomic E-state index is 0.0433. The summed E-state index contributed by atoms with van der Waals surface area (Å²) in [6, 6.07) is 5.81. The van der Waals surface area contributed by atoms with E-state index in [0.717, 1.165) is 31.2 Å². The lowest BCUT2D eigenvalue weighted by Gasteiger charge is -2.23. The Morgan fingerprint density at radius 2 is 2.37 bits per heavy atom. The van der Waals surface area contributed by atoms with E-state index < -0.39 is 12.1 Å². The van der Waals surface area contributed by atoms with Gasteiger partial charge in [-0.2, -0.15) is 0 Å². The predicted octanol–water partition coefficient (Wildman–Crippen LogP) is 2.65. The number of ether oxygens (including phenoxy) is 1. The maximum atomic E-state index is 11.1. The highest BCUT2D eigenvalue weighted by atomic mass is 16.5. The first kappa shape index (κ1) is 13.9. The molecule has 1 aliphatic rings. The molecule has 1 aromatic carbocycles. The van der Waals surface area contributed by atoms with Gasteiger partial charge in [0.1, 0.15) is 5.75 Å². The molecule has 0 spiro atoms. The largest absolute Gasteiger partial charge is 0.479 e. The fraction of sp³-hybridized carbons (Fsp3) is 0.533. The number of fused-ring (bicyclic) bond motifs is 1. The Morgan fingerprint density at radius 1 is 1.58 bits per heavy atom. The van der Waals surface area contributed by atoms with Crippen LogP contribution in [0.4, 0.5) is 0 Å². The third-order valence-corrected chi connectivity index (χ3v) is 3.58. The van der Waals surface area contributed by atoms with Gasteiger partial charge in [0.05, 0.1) is 0 Å². The van der Waals surface area contributed by atoms with E-state index in [0.29, 0.717) is 12.2 Å². The maximum Gasteiger partial charge on any atom is 0.344 e. The molecule has 0 radical (unpaired) electrons. The Labute approximate surface area is 113 Å². The van der Waals surface area contributed by atoms with Crippen molar-refractivity contribution in [2.75, 3.05) is 0 Å². The lowest BCUT2D eigenvalue weighted by molar-refractivity contribution is -0.145. The van der Waals surface area contributed by atoms with E-state index in [-0.39, 0.29) is 6.04 Å². The molecule has 2 rings (SSSR count). The summed E-state index contributed by atoms with van der Waals surface area (Å²) in [5, 5.41) is 9.11. The third-order valence-electron chi connectivity index (χ3n) is 3.58. The van der Waals surface area contributed by atoms with Gasteiger partial charge in [-0.05, 0) is 48.9 Å². The number of benzene rings is 1. The molecule has 1 aliphatic carbocycles. The van der Waals surface area contributed by atoms with Crippen molar-refractivity contribution in [3.63, 3.8) is 0 Å². The van der Waals surface area contributed by atoms with E-state index in [1.807, 2.05) is 25.1 Å². The van der Waals surface area contributed by atoms with E-state index in [1.165, 1.54) is 5.56 Å². The summed E-state index contributed by atoms with van der Waals surface area (Å²) in [6.45, 7) is 1.95. The lowest BCUT2D eigenvalue weighted by atomic mass is 9.88. The van der Waals surface area contributed by atoms with Crippen LogP contribution in [-0.2, 0) is 11.2 Å². The van der Waals surface area contributed by atoms with E-state index in [1.54, 1.807) is 0 Å². The fourth-order valence-corrected chi connectivity index (χ4v) is 2.55. The van der Waals surface area contributed by atoms with Gasteiger partial charge in [0.25, 0.3) is 0 Å². The first-order valence-electron chi connectivity index (χ1n) is 6.89. The summed E-state index contributed by atoms with van der Waals surface area (Å²) < 4.78 is 5.58. The van der Waals surface area contributed by atoms with Crippen LogP contribution in [-0.4, -0.2) is 17.2 Å². The second-order valence-corrected chi connectivity index (χ2v) is 5.09. The number of rotatable bonds is 5. The van der Waals surface area contributed by atoms with E-state index >= 15 is 0 Å². The summed E-state index contributed by atoms with van der Waals surface area (Å²) >= 11 is 0. The Morgan fingerprint density at radius 3 is 3.05 bits per heavy atom. The quantitative estimate of drug-likeness (QED) is 0.856. The van der Waals surface area contributed by atoms with Gasteiger partial charge in [-0.15, -0.1) is 0 Å². The standard InChI is InChI=1S/C15H21NO3/c1-2-4-14(15(17)18)19-11-8-7-10-5-3-6-13(16)12(10)9-11/h7-9,13-14H,2-6,16H2,1H3,(H,17,18)/t13-,14?/m1/s1. The van der Waals surface area contributed by atoms with Crippen LogP contribution in [0, 0.1) is 0 Å². The number of nitrogens with two attached hydrogens (primary N) is 1. The normalized spacial score (nSPS) is 19.6. The third kappa shape index (κ3) is 3.26. The Kier molecular flexibility index (Phi) is 4.43. The minimum atomic E-state index is -0.913. The molecule has 0 saturated carbocycles. The molecule has 0 heterocycles. The van der Waals surface area contributed by atoms with Crippen molar-refractivity contribution >= 4 is 5.97 Å². The summed E-state index contributed by atoms with van der Waals surface area (Å²) in [5.41, 5.74) is 8.45. The molecular formula is C15H21NO3. The molecule has 104 valence electrons. The van der Waals surface area contributed by atoms with E-state index in [4.69, 9.17) is 15.6 Å². The summed E-state index contributed by atoms with van der Waals surface area (Å²) in [4.78, 5) is 11.1. The average molecular weight is 263 g/mol. The Balaban J connectivity index is 2.17. The molecule has 1 aromatic rings. The molecular weight excluding hydrogens is 242 g/mol. The van der Waals surface area contributed by atoms with Gasteiger partial charge in [-0.3, -0.25) is 0 Å². The van der Waals surface area contributed by atoms with Crippen LogP contribution >= 0.6 is 0 Å². The number of aryl methyl sites for hydroxylation is 1. The molecule has 0 aliphatic heterocycles. The van der Waals surface area contributed by atoms with Crippen molar-refractivity contribution in [3.8, 4) is 5.75 Å². The average Bonchev–Trinajstić information content (AvgIpc) is 2.39. The van der Waals surface area contributed by atoms with Crippen molar-refractivity contribution in [2.45, 2.75) is 51.2 Å². The number of carboxylic acid groups (broad SMARTS) is 1. The molecule has 0 fully saturated rings. The van der Waals surface area contributed by atoms with Crippen LogP contribution in [0.25, 0.3) is 0 Å². The number of aliphatic carboxylic acids is 1. The highest BCUT2D eigenvalue weighted by molar-refractivity contribution is 5.72. The Bertz CT molecular complexity index is 459. The van der Waals surface area contributed by atoms with Gasteiger partial charge >= 0.3 is 5.97 Å². The number of hydrogen-bond donors (Lipinski definition) is 2. The zero-order valence-electron chi connectivity index (χ0n) is 11.3. The summed E-state index contributed by atoms with van der Waals surface area (Å²) in [7, 11) is 0. The first-order valence-corrected chi connectivity index (χ1v) is 6.89. The first-order chi connectivity index (χ1) is 9.11. The molecule has 19 heavy (non-hydrogen) atoms. The van der Waals surface area contributed by atoms with Crippen LogP contribution in [0.1, 0.15) is 49.8 Å². The molecule has 1 unspecified atom stereocenters. The summed E-state index contributed by atoms with van der Waals surface area (Å²) in [5.74, 6) is -0.305. The van der Waals surface area contributed by atoms with Gasteiger partial charge < -0.3 is 15.6 Å². The van der Waals surface area contributed by atoms with Crippen LogP contribution in [0.5, 0.6) is 5.75 Å². The van der Waals surface area contributed by atoms with Crippen molar-refractivity contribution in [1.82, 2.24) is 0 Å². The Hall–Kier alpha value is -1.55. The van der Waals surface area contributed by atoms with Crippen LogP contribution in [0.2, 0.25) is 0 Å². The van der Waals surface area contributed by atoms with Gasteiger partial charge in [-0.25, -0.2) is 4.79 Å². The predicted molar refractivity (Wildman–Crippen MR) is 73.3 cm³/mol.